The fourth-order valence-electron chi connectivity index (χ4n) is 1.64. The lowest BCUT2D eigenvalue weighted by Gasteiger charge is -2.00. The number of ether oxygens (including phenoxy) is 1. The van der Waals surface area contributed by atoms with Crippen LogP contribution in [0.2, 0.25) is 0 Å². The van der Waals surface area contributed by atoms with Gasteiger partial charge in [-0.2, -0.15) is 0 Å². The van der Waals surface area contributed by atoms with Gasteiger partial charge >= 0.3 is 5.97 Å². The first-order chi connectivity index (χ1) is 9.67. The van der Waals surface area contributed by atoms with Gasteiger partial charge in [0, 0.05) is 10.3 Å². The van der Waals surface area contributed by atoms with Crippen molar-refractivity contribution >= 4 is 29.1 Å². The average Bonchev–Trinajstić information content (AvgIpc) is 2.86. The molecule has 2 aromatic rings. The number of hydrogen-bond acceptors (Lipinski definition) is 5. The van der Waals surface area contributed by atoms with E-state index in [1.54, 1.807) is 23.1 Å². The fourth-order valence-corrected chi connectivity index (χ4v) is 3.35. The first-order valence-corrected chi connectivity index (χ1v) is 8.32. The van der Waals surface area contributed by atoms with Crippen molar-refractivity contribution in [3.63, 3.8) is 0 Å². The Kier molecular flexibility index (Phi) is 5.61. The van der Waals surface area contributed by atoms with Crippen LogP contribution >= 0.6 is 23.1 Å². The van der Waals surface area contributed by atoms with E-state index in [1.165, 1.54) is 10.5 Å². The highest BCUT2D eigenvalue weighted by molar-refractivity contribution is 7.98. The molecule has 0 atom stereocenters. The van der Waals surface area contributed by atoms with Crippen LogP contribution in [0.5, 0.6) is 0 Å². The summed E-state index contributed by atoms with van der Waals surface area (Å²) in [6, 6.07) is 8.45. The van der Waals surface area contributed by atoms with Crippen LogP contribution < -0.4 is 0 Å². The Morgan fingerprint density at radius 1 is 1.35 bits per heavy atom. The molecule has 0 spiro atoms. The molecular formula is C15H17NO2S2. The van der Waals surface area contributed by atoms with E-state index >= 15 is 0 Å². The van der Waals surface area contributed by atoms with Gasteiger partial charge in [-0.25, -0.2) is 4.98 Å². The normalized spacial score (nSPS) is 10.5. The fraction of sp³-hybridized carbons (Fsp3) is 0.333. The molecular weight excluding hydrogens is 290 g/mol. The molecule has 1 aromatic heterocycles. The van der Waals surface area contributed by atoms with Gasteiger partial charge < -0.3 is 4.74 Å². The molecule has 3 nitrogen and oxygen atoms in total. The van der Waals surface area contributed by atoms with Crippen LogP contribution in [-0.4, -0.2) is 17.6 Å². The summed E-state index contributed by atoms with van der Waals surface area (Å²) in [7, 11) is 0. The smallest absolute Gasteiger partial charge is 0.311 e. The maximum atomic E-state index is 11.4. The molecule has 0 radical (unpaired) electrons. The largest absolute Gasteiger partial charge is 0.466 e. The van der Waals surface area contributed by atoms with Gasteiger partial charge in [-0.05, 0) is 26.0 Å². The van der Waals surface area contributed by atoms with E-state index < -0.39 is 0 Å². The monoisotopic (exact) mass is 307 g/mol. The highest BCUT2D eigenvalue weighted by atomic mass is 32.2. The summed E-state index contributed by atoms with van der Waals surface area (Å²) in [5.74, 6) is 0.617. The van der Waals surface area contributed by atoms with Crippen molar-refractivity contribution in [2.24, 2.45) is 0 Å². The van der Waals surface area contributed by atoms with Gasteiger partial charge in [-0.3, -0.25) is 4.79 Å². The van der Waals surface area contributed by atoms with Crippen LogP contribution in [-0.2, 0) is 21.7 Å². The van der Waals surface area contributed by atoms with Crippen molar-refractivity contribution in [3.8, 4) is 0 Å². The van der Waals surface area contributed by atoms with Crippen LogP contribution in [0.4, 0.5) is 0 Å². The lowest BCUT2D eigenvalue weighted by molar-refractivity contribution is -0.142. The van der Waals surface area contributed by atoms with E-state index in [2.05, 4.69) is 36.2 Å². The highest BCUT2D eigenvalue weighted by Gasteiger charge is 2.08. The zero-order valence-corrected chi connectivity index (χ0v) is 13.2. The molecule has 20 heavy (non-hydrogen) atoms. The molecule has 5 heteroatoms. The molecule has 2 rings (SSSR count). The van der Waals surface area contributed by atoms with Crippen molar-refractivity contribution in [2.45, 2.75) is 30.9 Å². The van der Waals surface area contributed by atoms with Crippen LogP contribution in [0.3, 0.4) is 0 Å². The lowest BCUT2D eigenvalue weighted by Crippen LogP contribution is -2.07. The molecule has 0 fully saturated rings. The first kappa shape index (κ1) is 15.1. The van der Waals surface area contributed by atoms with Gasteiger partial charge in [0.15, 0.2) is 0 Å². The second-order valence-electron chi connectivity index (χ2n) is 4.32. The Hall–Kier alpha value is -1.33. The minimum Gasteiger partial charge on any atom is -0.466 e. The number of esters is 1. The summed E-state index contributed by atoms with van der Waals surface area (Å²) in [5, 5.41) is 2.97. The summed E-state index contributed by atoms with van der Waals surface area (Å²) < 4.78 is 4.92. The molecule has 0 aliphatic heterocycles. The molecule has 0 saturated heterocycles. The second kappa shape index (κ2) is 7.45. The number of rotatable bonds is 6. The van der Waals surface area contributed by atoms with Crippen LogP contribution in [0, 0.1) is 6.92 Å². The zero-order valence-electron chi connectivity index (χ0n) is 11.6. The van der Waals surface area contributed by atoms with Crippen molar-refractivity contribution < 1.29 is 9.53 Å². The third-order valence-corrected chi connectivity index (χ3v) is 4.72. The molecule has 1 aromatic carbocycles. The van der Waals surface area contributed by atoms with Crippen molar-refractivity contribution in [1.29, 1.82) is 0 Å². The second-order valence-corrected chi connectivity index (χ2v) is 6.31. The Labute approximate surface area is 127 Å². The summed E-state index contributed by atoms with van der Waals surface area (Å²) in [4.78, 5) is 17.1. The number of aryl methyl sites for hydroxylation is 1. The summed E-state index contributed by atoms with van der Waals surface area (Å²) in [6.07, 6.45) is 0.263. The minimum absolute atomic E-state index is 0.212. The van der Waals surface area contributed by atoms with E-state index in [1.807, 2.05) is 12.3 Å². The standard InChI is InChI=1S/C15H17NO2S2/c1-3-18-15(17)8-12-9-20-14(16-12)10-19-13-6-4-11(2)5-7-13/h4-7,9H,3,8,10H2,1-2H3. The number of thiazole rings is 1. The Morgan fingerprint density at radius 2 is 2.10 bits per heavy atom. The average molecular weight is 307 g/mol. The molecule has 0 aliphatic rings. The van der Waals surface area contributed by atoms with Gasteiger partial charge in [-0.1, -0.05) is 17.7 Å². The number of carbonyl (C=O) groups is 1. The van der Waals surface area contributed by atoms with E-state index in [4.69, 9.17) is 4.74 Å². The number of nitrogens with zero attached hydrogens (tertiary/aromatic N) is 1. The molecule has 0 unspecified atom stereocenters. The number of benzene rings is 1. The van der Waals surface area contributed by atoms with Gasteiger partial charge in [0.05, 0.1) is 24.5 Å². The predicted octanol–water partition coefficient (Wildman–Crippen LogP) is 3.85. The van der Waals surface area contributed by atoms with E-state index in [9.17, 15) is 4.79 Å². The quantitative estimate of drug-likeness (QED) is 0.600. The van der Waals surface area contributed by atoms with Gasteiger partial charge in [0.2, 0.25) is 0 Å². The first-order valence-electron chi connectivity index (χ1n) is 6.45. The zero-order chi connectivity index (χ0) is 14.4. The maximum absolute atomic E-state index is 11.4. The third-order valence-electron chi connectivity index (χ3n) is 2.61. The molecule has 0 amide bonds. The topological polar surface area (TPSA) is 39.2 Å². The summed E-state index contributed by atoms with van der Waals surface area (Å²) in [6.45, 7) is 4.30. The predicted molar refractivity (Wildman–Crippen MR) is 83.2 cm³/mol. The molecule has 0 bridgehead atoms. The highest BCUT2D eigenvalue weighted by Crippen LogP contribution is 2.24. The van der Waals surface area contributed by atoms with Gasteiger partial charge in [0.25, 0.3) is 0 Å². The summed E-state index contributed by atoms with van der Waals surface area (Å²) >= 11 is 3.35. The Morgan fingerprint density at radius 3 is 2.80 bits per heavy atom. The molecule has 0 aliphatic carbocycles. The number of aromatic nitrogens is 1. The van der Waals surface area contributed by atoms with Crippen LogP contribution in [0.1, 0.15) is 23.2 Å². The molecule has 0 saturated carbocycles. The minimum atomic E-state index is -0.212. The van der Waals surface area contributed by atoms with Crippen LogP contribution in [0.25, 0.3) is 0 Å². The summed E-state index contributed by atoms with van der Waals surface area (Å²) in [5.41, 5.74) is 2.06. The van der Waals surface area contributed by atoms with Gasteiger partial charge in [0.1, 0.15) is 5.01 Å². The molecule has 1 heterocycles. The van der Waals surface area contributed by atoms with Crippen molar-refractivity contribution in [3.05, 3.63) is 45.9 Å². The number of carbonyl (C=O) groups excluding carboxylic acids is 1. The van der Waals surface area contributed by atoms with E-state index in [0.717, 1.165) is 16.5 Å². The number of hydrogen-bond donors (Lipinski definition) is 0. The third kappa shape index (κ3) is 4.65. The van der Waals surface area contributed by atoms with Crippen molar-refractivity contribution in [1.82, 2.24) is 4.98 Å². The Bertz CT molecular complexity index is 564. The van der Waals surface area contributed by atoms with E-state index in [0.29, 0.717) is 6.61 Å². The maximum Gasteiger partial charge on any atom is 0.311 e. The lowest BCUT2D eigenvalue weighted by atomic mass is 10.2. The van der Waals surface area contributed by atoms with Crippen LogP contribution in [0.15, 0.2) is 34.5 Å². The molecule has 106 valence electrons. The Balaban J connectivity index is 1.86. The number of thioether (sulfide) groups is 1. The van der Waals surface area contributed by atoms with Gasteiger partial charge in [-0.15, -0.1) is 23.1 Å². The van der Waals surface area contributed by atoms with E-state index in [-0.39, 0.29) is 12.4 Å². The SMILES string of the molecule is CCOC(=O)Cc1csc(CSc2ccc(C)cc2)n1. The molecule has 0 N–H and O–H groups in total. The van der Waals surface area contributed by atoms with Crippen molar-refractivity contribution in [2.75, 3.05) is 6.61 Å².